The Labute approximate surface area is 195 Å². The van der Waals surface area contributed by atoms with Gasteiger partial charge in [-0.1, -0.05) is 5.16 Å². The molecule has 2 fully saturated rings. The number of sulfone groups is 1. The molecule has 0 bridgehead atoms. The summed E-state index contributed by atoms with van der Waals surface area (Å²) < 4.78 is 34.4. The van der Waals surface area contributed by atoms with Crippen LogP contribution in [0, 0.1) is 0 Å². The van der Waals surface area contributed by atoms with Crippen LogP contribution in [0.25, 0.3) is 0 Å². The van der Waals surface area contributed by atoms with Crippen LogP contribution < -0.4 is 4.90 Å². The molecule has 1 atom stereocenters. The van der Waals surface area contributed by atoms with E-state index in [1.807, 2.05) is 32.9 Å². The van der Waals surface area contributed by atoms with Crippen LogP contribution in [0.4, 0.5) is 10.5 Å². The lowest BCUT2D eigenvalue weighted by Crippen LogP contribution is -2.41. The van der Waals surface area contributed by atoms with Crippen molar-refractivity contribution in [2.45, 2.75) is 62.4 Å². The fourth-order valence-electron chi connectivity index (χ4n) is 4.33. The minimum absolute atomic E-state index is 0.141. The van der Waals surface area contributed by atoms with Gasteiger partial charge in [0.2, 0.25) is 5.89 Å². The van der Waals surface area contributed by atoms with Gasteiger partial charge in [-0.05, 0) is 64.3 Å². The van der Waals surface area contributed by atoms with Crippen LogP contribution in [0.2, 0.25) is 0 Å². The predicted octanol–water partition coefficient (Wildman–Crippen LogP) is 3.58. The summed E-state index contributed by atoms with van der Waals surface area (Å²) in [5, 5.41) is 4.24. The lowest BCUT2D eigenvalue weighted by atomic mass is 9.96. The molecule has 4 rings (SSSR count). The molecule has 3 heterocycles. The van der Waals surface area contributed by atoms with Crippen LogP contribution in [-0.2, 0) is 14.6 Å². The third-order valence-corrected chi connectivity index (χ3v) is 7.27. The predicted molar refractivity (Wildman–Crippen MR) is 123 cm³/mol. The number of benzene rings is 1. The first kappa shape index (κ1) is 23.5. The zero-order valence-electron chi connectivity index (χ0n) is 19.7. The lowest BCUT2D eigenvalue weighted by Gasteiger charge is -2.32. The summed E-state index contributed by atoms with van der Waals surface area (Å²) in [6, 6.07) is 6.98. The summed E-state index contributed by atoms with van der Waals surface area (Å²) in [6.45, 7) is 8.42. The van der Waals surface area contributed by atoms with E-state index in [1.54, 1.807) is 17.0 Å². The minimum Gasteiger partial charge on any atom is -0.444 e. The van der Waals surface area contributed by atoms with Crippen molar-refractivity contribution >= 4 is 21.6 Å². The average Bonchev–Trinajstić information content (AvgIpc) is 3.42. The second-order valence-corrected chi connectivity index (χ2v) is 11.9. The fraction of sp³-hybridized carbons (Fsp3) is 0.609. The molecule has 1 unspecified atom stereocenters. The second kappa shape index (κ2) is 8.96. The Morgan fingerprint density at radius 2 is 1.70 bits per heavy atom. The van der Waals surface area contributed by atoms with Gasteiger partial charge in [-0.2, -0.15) is 4.98 Å². The molecule has 1 aromatic heterocycles. The van der Waals surface area contributed by atoms with E-state index >= 15 is 0 Å². The van der Waals surface area contributed by atoms with Crippen molar-refractivity contribution in [2.75, 3.05) is 37.3 Å². The van der Waals surface area contributed by atoms with Crippen LogP contribution in [-0.4, -0.2) is 67.6 Å². The summed E-state index contributed by atoms with van der Waals surface area (Å²) in [6.07, 6.45) is 3.39. The Morgan fingerprint density at radius 1 is 1.06 bits per heavy atom. The first-order chi connectivity index (χ1) is 15.5. The number of piperidine rings is 1. The third-order valence-electron chi connectivity index (χ3n) is 6.14. The number of rotatable bonds is 4. The van der Waals surface area contributed by atoms with Gasteiger partial charge in [0.05, 0.1) is 10.8 Å². The van der Waals surface area contributed by atoms with E-state index in [1.165, 1.54) is 6.26 Å². The van der Waals surface area contributed by atoms with Crippen molar-refractivity contribution in [1.29, 1.82) is 0 Å². The smallest absolute Gasteiger partial charge is 0.410 e. The molecule has 10 heteroatoms. The zero-order valence-corrected chi connectivity index (χ0v) is 20.5. The largest absolute Gasteiger partial charge is 0.444 e. The second-order valence-electron chi connectivity index (χ2n) is 9.93. The molecule has 0 aliphatic carbocycles. The van der Waals surface area contributed by atoms with Crippen molar-refractivity contribution in [3.05, 3.63) is 36.0 Å². The first-order valence-electron chi connectivity index (χ1n) is 11.4. The Morgan fingerprint density at radius 3 is 2.30 bits per heavy atom. The molecule has 0 N–H and O–H groups in total. The Bertz CT molecular complexity index is 1080. The van der Waals surface area contributed by atoms with Crippen LogP contribution >= 0.6 is 0 Å². The molecular weight excluding hydrogens is 444 g/mol. The van der Waals surface area contributed by atoms with Gasteiger partial charge in [0.1, 0.15) is 5.60 Å². The number of hydrogen-bond acceptors (Lipinski definition) is 8. The van der Waals surface area contributed by atoms with Gasteiger partial charge in [0.25, 0.3) is 0 Å². The fourth-order valence-corrected chi connectivity index (χ4v) is 4.96. The summed E-state index contributed by atoms with van der Waals surface area (Å²) in [5.74, 6) is 1.67. The first-order valence-corrected chi connectivity index (χ1v) is 13.3. The van der Waals surface area contributed by atoms with E-state index in [9.17, 15) is 13.2 Å². The molecule has 0 radical (unpaired) electrons. The number of anilines is 1. The quantitative estimate of drug-likeness (QED) is 0.659. The molecule has 1 amide bonds. The van der Waals surface area contributed by atoms with Crippen molar-refractivity contribution in [3.63, 3.8) is 0 Å². The highest BCUT2D eigenvalue weighted by molar-refractivity contribution is 7.90. The van der Waals surface area contributed by atoms with Gasteiger partial charge in [0, 0.05) is 44.0 Å². The van der Waals surface area contributed by atoms with Crippen molar-refractivity contribution in [3.8, 4) is 0 Å². The Balaban J connectivity index is 1.33. The van der Waals surface area contributed by atoms with Gasteiger partial charge < -0.3 is 19.1 Å². The number of carbonyl (C=O) groups is 1. The van der Waals surface area contributed by atoms with Crippen molar-refractivity contribution in [2.24, 2.45) is 0 Å². The van der Waals surface area contributed by atoms with Crippen LogP contribution in [0.3, 0.4) is 0 Å². The molecule has 1 aromatic carbocycles. The number of carbonyl (C=O) groups excluding carboxylic acids is 1. The number of amides is 1. The van der Waals surface area contributed by atoms with E-state index < -0.39 is 15.4 Å². The van der Waals surface area contributed by atoms with E-state index in [0.29, 0.717) is 29.7 Å². The summed E-state index contributed by atoms with van der Waals surface area (Å²) in [7, 11) is -3.20. The number of hydrogen-bond donors (Lipinski definition) is 0. The molecule has 2 saturated heterocycles. The highest BCUT2D eigenvalue weighted by Gasteiger charge is 2.32. The standard InChI is InChI=1S/C23H32N4O5S/c1-23(2,3)31-22(28)26-12-9-16(10-13-26)20-24-21(32-25-20)17-11-14-27(15-17)18-5-7-19(8-6-18)33(4,29)30/h5-8,16-17H,9-15H2,1-4H3. The molecule has 33 heavy (non-hydrogen) atoms. The number of aromatic nitrogens is 2. The van der Waals surface area contributed by atoms with E-state index in [-0.39, 0.29) is 17.9 Å². The summed E-state index contributed by atoms with van der Waals surface area (Å²) >= 11 is 0. The molecular formula is C23H32N4O5S. The molecule has 0 spiro atoms. The molecule has 0 saturated carbocycles. The maximum atomic E-state index is 12.3. The zero-order chi connectivity index (χ0) is 23.8. The molecule has 9 nitrogen and oxygen atoms in total. The van der Waals surface area contributed by atoms with E-state index in [2.05, 4.69) is 10.1 Å². The van der Waals surface area contributed by atoms with Crippen LogP contribution in [0.5, 0.6) is 0 Å². The third kappa shape index (κ3) is 5.66. The summed E-state index contributed by atoms with van der Waals surface area (Å²) in [4.78, 5) is 21.2. The average molecular weight is 477 g/mol. The lowest BCUT2D eigenvalue weighted by molar-refractivity contribution is 0.0202. The van der Waals surface area contributed by atoms with E-state index in [4.69, 9.17) is 14.2 Å². The van der Waals surface area contributed by atoms with Gasteiger partial charge in [-0.25, -0.2) is 13.2 Å². The maximum absolute atomic E-state index is 12.3. The topological polar surface area (TPSA) is 106 Å². The molecule has 2 aliphatic heterocycles. The number of nitrogens with zero attached hydrogens (tertiary/aromatic N) is 4. The summed E-state index contributed by atoms with van der Waals surface area (Å²) in [5.41, 5.74) is 0.487. The van der Waals surface area contributed by atoms with Gasteiger partial charge in [-0.15, -0.1) is 0 Å². The SMILES string of the molecule is CC(C)(C)OC(=O)N1CCC(c2noc(C3CCN(c4ccc(S(C)(=O)=O)cc4)C3)n2)CC1. The number of ether oxygens (including phenoxy) is 1. The van der Waals surface area contributed by atoms with Crippen LogP contribution in [0.15, 0.2) is 33.7 Å². The van der Waals surface area contributed by atoms with E-state index in [0.717, 1.165) is 38.0 Å². The monoisotopic (exact) mass is 476 g/mol. The Kier molecular flexibility index (Phi) is 6.39. The van der Waals surface area contributed by atoms with Crippen LogP contribution in [0.1, 0.15) is 63.6 Å². The number of likely N-dealkylation sites (tertiary alicyclic amines) is 1. The molecule has 2 aromatic rings. The Hall–Kier alpha value is -2.62. The highest BCUT2D eigenvalue weighted by atomic mass is 32.2. The van der Waals surface area contributed by atoms with Gasteiger partial charge >= 0.3 is 6.09 Å². The highest BCUT2D eigenvalue weighted by Crippen LogP contribution is 2.33. The minimum atomic E-state index is -3.20. The van der Waals surface area contributed by atoms with Crippen molar-refractivity contribution < 1.29 is 22.5 Å². The maximum Gasteiger partial charge on any atom is 0.410 e. The molecule has 2 aliphatic rings. The van der Waals surface area contributed by atoms with Gasteiger partial charge in [0.15, 0.2) is 15.7 Å². The normalized spacial score (nSPS) is 20.3. The molecule has 180 valence electrons. The van der Waals surface area contributed by atoms with Gasteiger partial charge in [-0.3, -0.25) is 0 Å². The van der Waals surface area contributed by atoms with Crippen molar-refractivity contribution in [1.82, 2.24) is 15.0 Å².